The fourth-order valence-corrected chi connectivity index (χ4v) is 5.60. The lowest BCUT2D eigenvalue weighted by Crippen LogP contribution is -2.44. The predicted molar refractivity (Wildman–Crippen MR) is 149 cm³/mol. The second-order valence-electron chi connectivity index (χ2n) is 10.7. The van der Waals surface area contributed by atoms with Crippen LogP contribution in [0.3, 0.4) is 0 Å². The molecule has 0 spiro atoms. The van der Waals surface area contributed by atoms with Crippen LogP contribution in [-0.2, 0) is 12.6 Å². The van der Waals surface area contributed by atoms with Crippen molar-refractivity contribution in [2.45, 2.75) is 37.5 Å². The maximum Gasteiger partial charge on any atom is 0.418 e. The van der Waals surface area contributed by atoms with Crippen LogP contribution in [0.15, 0.2) is 53.3 Å². The number of hydrogen-bond acceptors (Lipinski definition) is 7. The Balaban J connectivity index is 1.30. The maximum absolute atomic E-state index is 14.0. The molecule has 0 bridgehead atoms. The molecule has 1 aliphatic carbocycles. The topological polar surface area (TPSA) is 120 Å². The zero-order valence-corrected chi connectivity index (χ0v) is 22.7. The van der Waals surface area contributed by atoms with Crippen molar-refractivity contribution in [3.8, 4) is 5.75 Å². The summed E-state index contributed by atoms with van der Waals surface area (Å²) >= 11 is 0. The van der Waals surface area contributed by atoms with Gasteiger partial charge in [0.05, 0.1) is 27.9 Å². The first-order valence-electron chi connectivity index (χ1n) is 13.8. The summed E-state index contributed by atoms with van der Waals surface area (Å²) in [6.07, 6.45) is -4.06. The Labute approximate surface area is 242 Å². The highest BCUT2D eigenvalue weighted by Crippen LogP contribution is 2.45. The molecule has 3 N–H and O–H groups in total. The van der Waals surface area contributed by atoms with Gasteiger partial charge in [0, 0.05) is 43.9 Å². The van der Waals surface area contributed by atoms with Crippen molar-refractivity contribution in [2.75, 3.05) is 31.1 Å². The maximum atomic E-state index is 14.0. The molecule has 4 aromatic rings. The number of hydrogen-bond donors (Lipinski definition) is 3. The summed E-state index contributed by atoms with van der Waals surface area (Å²) in [5.74, 6) is -2.02. The van der Waals surface area contributed by atoms with E-state index in [1.165, 1.54) is 18.2 Å². The van der Waals surface area contributed by atoms with Gasteiger partial charge in [0.25, 0.3) is 5.56 Å². The number of nitrogens with one attached hydrogen (secondary N) is 2. The van der Waals surface area contributed by atoms with Crippen molar-refractivity contribution in [2.24, 2.45) is 0 Å². The summed E-state index contributed by atoms with van der Waals surface area (Å²) in [6, 6.07) is 10.9. The number of alkyl halides is 3. The molecule has 2 unspecified atom stereocenters. The van der Waals surface area contributed by atoms with E-state index in [1.807, 2.05) is 4.90 Å². The van der Waals surface area contributed by atoms with Crippen LogP contribution >= 0.6 is 0 Å². The van der Waals surface area contributed by atoms with Crippen LogP contribution in [0.1, 0.15) is 51.6 Å². The number of halogens is 4. The summed E-state index contributed by atoms with van der Waals surface area (Å²) in [7, 11) is 0. The summed E-state index contributed by atoms with van der Waals surface area (Å²) in [5.41, 5.74) is -0.913. The van der Waals surface area contributed by atoms with Gasteiger partial charge in [0.15, 0.2) is 0 Å². The number of carbonyl (C=O) groups is 1. The van der Waals surface area contributed by atoms with E-state index in [0.29, 0.717) is 59.5 Å². The first kappa shape index (κ1) is 28.6. The normalized spacial score (nSPS) is 18.8. The molecule has 2 aromatic heterocycles. The van der Waals surface area contributed by atoms with Gasteiger partial charge in [-0.1, -0.05) is 6.07 Å². The zero-order valence-electron chi connectivity index (χ0n) is 22.7. The van der Waals surface area contributed by atoms with Crippen molar-refractivity contribution < 1.29 is 32.2 Å². The lowest BCUT2D eigenvalue weighted by molar-refractivity contribution is -0.139. The number of H-pyrrole nitrogens is 1. The summed E-state index contributed by atoms with van der Waals surface area (Å²) < 4.78 is 62.2. The minimum atomic E-state index is -4.57. The first-order chi connectivity index (χ1) is 20.6. The Morgan fingerprint density at radius 3 is 2.53 bits per heavy atom. The Morgan fingerprint density at radius 1 is 1.05 bits per heavy atom. The number of pyridine rings is 1. The van der Waals surface area contributed by atoms with Gasteiger partial charge >= 0.3 is 12.1 Å². The van der Waals surface area contributed by atoms with Gasteiger partial charge < -0.3 is 20.1 Å². The summed E-state index contributed by atoms with van der Waals surface area (Å²) in [5, 5.41) is 19.8. The van der Waals surface area contributed by atoms with Gasteiger partial charge in [0.1, 0.15) is 23.5 Å². The highest BCUT2D eigenvalue weighted by molar-refractivity contribution is 5.88. The molecule has 13 heteroatoms. The van der Waals surface area contributed by atoms with Crippen molar-refractivity contribution in [3.05, 3.63) is 92.8 Å². The Kier molecular flexibility index (Phi) is 7.50. The molecular weight excluding hydrogens is 570 g/mol. The van der Waals surface area contributed by atoms with Gasteiger partial charge in [-0.25, -0.2) is 19.3 Å². The quantitative estimate of drug-likeness (QED) is 0.267. The number of benzene rings is 2. The number of nitrogens with zero attached hydrogens (tertiary/aromatic N) is 3. The minimum Gasteiger partial charge on any atom is -0.490 e. The second kappa shape index (κ2) is 11.3. The predicted octanol–water partition coefficient (Wildman–Crippen LogP) is 4.50. The van der Waals surface area contributed by atoms with Crippen molar-refractivity contribution in [1.29, 1.82) is 0 Å². The van der Waals surface area contributed by atoms with Crippen LogP contribution in [-0.4, -0.2) is 58.5 Å². The van der Waals surface area contributed by atoms with E-state index in [0.717, 1.165) is 25.2 Å². The largest absolute Gasteiger partial charge is 0.490 e. The molecule has 2 aromatic carbocycles. The number of carboxylic acid groups (broad SMARTS) is 1. The molecule has 1 saturated carbocycles. The van der Waals surface area contributed by atoms with E-state index in [2.05, 4.69) is 20.5 Å². The van der Waals surface area contributed by atoms with Gasteiger partial charge in [-0.05, 0) is 60.9 Å². The van der Waals surface area contributed by atoms with Gasteiger partial charge in [-0.3, -0.25) is 4.79 Å². The Hall–Kier alpha value is -4.52. The number of piperazine rings is 1. The number of aromatic amines is 1. The van der Waals surface area contributed by atoms with Crippen LogP contribution in [0.4, 0.5) is 23.4 Å². The first-order valence-corrected chi connectivity index (χ1v) is 13.8. The van der Waals surface area contributed by atoms with Crippen molar-refractivity contribution >= 4 is 22.6 Å². The van der Waals surface area contributed by atoms with Crippen molar-refractivity contribution in [3.63, 3.8) is 0 Å². The van der Waals surface area contributed by atoms with Gasteiger partial charge in [-0.2, -0.15) is 18.3 Å². The number of anilines is 1. The average molecular weight is 598 g/mol. The fourth-order valence-electron chi connectivity index (χ4n) is 5.60. The minimum absolute atomic E-state index is 0.0371. The molecule has 2 atom stereocenters. The van der Waals surface area contributed by atoms with Gasteiger partial charge in [0.2, 0.25) is 0 Å². The molecule has 9 nitrogen and oxygen atoms in total. The van der Waals surface area contributed by atoms with Crippen LogP contribution < -0.4 is 20.5 Å². The number of fused-ring (bicyclic) bond motifs is 1. The monoisotopic (exact) mass is 597 g/mol. The summed E-state index contributed by atoms with van der Waals surface area (Å²) in [4.78, 5) is 30.3. The second-order valence-corrected chi connectivity index (χ2v) is 10.7. The molecule has 224 valence electrons. The van der Waals surface area contributed by atoms with Crippen LogP contribution in [0.25, 0.3) is 10.8 Å². The lowest BCUT2D eigenvalue weighted by atomic mass is 9.77. The zero-order chi connectivity index (χ0) is 30.3. The van der Waals surface area contributed by atoms with E-state index in [-0.39, 0.29) is 12.1 Å². The van der Waals surface area contributed by atoms with E-state index in [1.54, 1.807) is 18.2 Å². The molecule has 2 aliphatic rings. The molecular formula is C30H27F4N5O4. The van der Waals surface area contributed by atoms with Crippen LogP contribution in [0.2, 0.25) is 0 Å². The van der Waals surface area contributed by atoms with Crippen LogP contribution in [0.5, 0.6) is 5.75 Å². The molecule has 1 saturated heterocycles. The molecule has 1 aliphatic heterocycles. The summed E-state index contributed by atoms with van der Waals surface area (Å²) in [6.45, 7) is 2.72. The molecule has 43 heavy (non-hydrogen) atoms. The Bertz CT molecular complexity index is 1750. The lowest BCUT2D eigenvalue weighted by Gasteiger charge is -2.38. The van der Waals surface area contributed by atoms with E-state index < -0.39 is 46.7 Å². The standard InChI is InChI=1S/C30H27F4N5O4/c31-23-6-1-16(13-21(23)29(41)42)14-24-20-15-17(2-3-18(20)28(40)38-37-24)43-25-7-4-19(25)27-22(30(32,33)34)5-8-26(36-27)39-11-9-35-10-12-39/h1-3,5-6,8,13,15,19,25,35H,4,7,9-12,14H2,(H,38,40)(H,41,42). The third-order valence-corrected chi connectivity index (χ3v) is 7.98. The molecule has 6 rings (SSSR count). The van der Waals surface area contributed by atoms with E-state index >= 15 is 0 Å². The highest BCUT2D eigenvalue weighted by Gasteiger charge is 2.43. The number of rotatable bonds is 7. The highest BCUT2D eigenvalue weighted by atomic mass is 19.4. The van der Waals surface area contributed by atoms with Gasteiger partial charge in [-0.15, -0.1) is 0 Å². The molecule has 0 amide bonds. The number of aromatic carboxylic acids is 1. The van der Waals surface area contributed by atoms with Crippen molar-refractivity contribution in [1.82, 2.24) is 20.5 Å². The number of carboxylic acids is 1. The average Bonchev–Trinajstić information content (AvgIpc) is 2.97. The number of aromatic nitrogens is 3. The molecule has 2 fully saturated rings. The van der Waals surface area contributed by atoms with E-state index in [9.17, 15) is 32.3 Å². The van der Waals surface area contributed by atoms with E-state index in [4.69, 9.17) is 4.74 Å². The number of ether oxygens (including phenoxy) is 1. The molecule has 3 heterocycles. The van der Waals surface area contributed by atoms with Crippen LogP contribution in [0, 0.1) is 5.82 Å². The molecule has 0 radical (unpaired) electrons. The SMILES string of the molecule is O=C(O)c1cc(Cc2n[nH]c(=O)c3ccc(OC4CCC4c4nc(N5CCNCC5)ccc4C(F)(F)F)cc23)ccc1F. The third kappa shape index (κ3) is 5.76. The smallest absolute Gasteiger partial charge is 0.418 e. The Morgan fingerprint density at radius 2 is 1.84 bits per heavy atom. The fraction of sp³-hybridized carbons (Fsp3) is 0.333. The third-order valence-electron chi connectivity index (χ3n) is 7.98.